The Morgan fingerprint density at radius 1 is 1.06 bits per heavy atom. The van der Waals surface area contributed by atoms with E-state index < -0.39 is 0 Å². The smallest absolute Gasteiger partial charge is 0.119 e. The summed E-state index contributed by atoms with van der Waals surface area (Å²) in [5.74, 6) is 0.963. The second-order valence-corrected chi connectivity index (χ2v) is 4.19. The van der Waals surface area contributed by atoms with Crippen molar-refractivity contribution < 1.29 is 9.47 Å². The zero-order valence-corrected chi connectivity index (χ0v) is 11.1. The van der Waals surface area contributed by atoms with E-state index in [0.717, 1.165) is 38.5 Å². The van der Waals surface area contributed by atoms with E-state index in [4.69, 9.17) is 9.47 Å². The van der Waals surface area contributed by atoms with Crippen LogP contribution in [0.2, 0.25) is 0 Å². The second-order valence-electron chi connectivity index (χ2n) is 4.19. The monoisotopic (exact) mass is 237 g/mol. The molecule has 0 aliphatic rings. The summed E-state index contributed by atoms with van der Waals surface area (Å²) in [5, 5.41) is 3.29. The van der Waals surface area contributed by atoms with Crippen molar-refractivity contribution in [2.24, 2.45) is 0 Å². The summed E-state index contributed by atoms with van der Waals surface area (Å²) in [6, 6.07) is 6.22. The number of methoxy groups -OCH3 is 1. The van der Waals surface area contributed by atoms with Crippen molar-refractivity contribution in [3.8, 4) is 5.75 Å². The number of hydrogen-bond acceptors (Lipinski definition) is 3. The molecule has 1 rings (SSSR count). The molecule has 0 aliphatic carbocycles. The topological polar surface area (TPSA) is 30.5 Å². The highest BCUT2D eigenvalue weighted by Crippen LogP contribution is 2.16. The molecule has 0 fully saturated rings. The lowest BCUT2D eigenvalue weighted by atomic mass is 10.1. The van der Waals surface area contributed by atoms with Gasteiger partial charge in [0.05, 0.1) is 13.2 Å². The van der Waals surface area contributed by atoms with E-state index in [1.165, 1.54) is 11.1 Å². The van der Waals surface area contributed by atoms with Crippen molar-refractivity contribution in [2.45, 2.75) is 20.3 Å². The quantitative estimate of drug-likeness (QED) is 0.704. The van der Waals surface area contributed by atoms with Gasteiger partial charge in [0.25, 0.3) is 0 Å². The molecule has 0 unspecified atom stereocenters. The Morgan fingerprint density at radius 2 is 1.88 bits per heavy atom. The molecule has 0 atom stereocenters. The molecule has 0 heterocycles. The third-order valence-corrected chi connectivity index (χ3v) is 2.73. The Bertz CT molecular complexity index is 326. The summed E-state index contributed by atoms with van der Waals surface area (Å²) >= 11 is 0. The predicted molar refractivity (Wildman–Crippen MR) is 70.8 cm³/mol. The molecule has 3 nitrogen and oxygen atoms in total. The second kappa shape index (κ2) is 8.09. The van der Waals surface area contributed by atoms with Gasteiger partial charge in [0.2, 0.25) is 0 Å². The van der Waals surface area contributed by atoms with Crippen LogP contribution in [0.4, 0.5) is 0 Å². The van der Waals surface area contributed by atoms with Crippen LogP contribution in [0, 0.1) is 13.8 Å². The Hall–Kier alpha value is -1.06. The molecular weight excluding hydrogens is 214 g/mol. The zero-order valence-electron chi connectivity index (χ0n) is 11.1. The minimum atomic E-state index is 0.752. The molecule has 17 heavy (non-hydrogen) atoms. The minimum Gasteiger partial charge on any atom is -0.494 e. The highest BCUT2D eigenvalue weighted by Gasteiger charge is 1.97. The first-order chi connectivity index (χ1) is 8.24. The molecule has 96 valence electrons. The van der Waals surface area contributed by atoms with Gasteiger partial charge in [-0.1, -0.05) is 6.07 Å². The van der Waals surface area contributed by atoms with Gasteiger partial charge < -0.3 is 14.8 Å². The number of hydrogen-bond donors (Lipinski definition) is 1. The number of rotatable bonds is 8. The van der Waals surface area contributed by atoms with Crippen molar-refractivity contribution in [3.63, 3.8) is 0 Å². The summed E-state index contributed by atoms with van der Waals surface area (Å²) < 4.78 is 10.6. The molecule has 0 aliphatic heterocycles. The van der Waals surface area contributed by atoms with E-state index in [9.17, 15) is 0 Å². The molecule has 0 amide bonds. The average molecular weight is 237 g/mol. The number of ether oxygens (including phenoxy) is 2. The van der Waals surface area contributed by atoms with Crippen molar-refractivity contribution in [1.82, 2.24) is 5.32 Å². The van der Waals surface area contributed by atoms with Gasteiger partial charge >= 0.3 is 0 Å². The van der Waals surface area contributed by atoms with E-state index in [-0.39, 0.29) is 0 Å². The van der Waals surface area contributed by atoms with Gasteiger partial charge in [-0.3, -0.25) is 0 Å². The standard InChI is InChI=1S/C14H23NO2/c1-12-5-6-14(11-13(12)2)17-9-4-7-15-8-10-16-3/h5-6,11,15H,4,7-10H2,1-3H3. The first-order valence-electron chi connectivity index (χ1n) is 6.13. The van der Waals surface area contributed by atoms with Crippen LogP contribution < -0.4 is 10.1 Å². The van der Waals surface area contributed by atoms with Crippen molar-refractivity contribution >= 4 is 0 Å². The molecule has 0 spiro atoms. The van der Waals surface area contributed by atoms with Crippen molar-refractivity contribution in [2.75, 3.05) is 33.4 Å². The first kappa shape index (κ1) is 14.0. The lowest BCUT2D eigenvalue weighted by molar-refractivity contribution is 0.198. The molecule has 0 saturated heterocycles. The van der Waals surface area contributed by atoms with Gasteiger partial charge in [0.1, 0.15) is 5.75 Å². The third kappa shape index (κ3) is 5.71. The maximum Gasteiger partial charge on any atom is 0.119 e. The minimum absolute atomic E-state index is 0.752. The maximum atomic E-state index is 5.68. The molecule has 1 aromatic carbocycles. The van der Waals surface area contributed by atoms with Gasteiger partial charge in [-0.15, -0.1) is 0 Å². The van der Waals surface area contributed by atoms with E-state index in [1.54, 1.807) is 7.11 Å². The molecule has 3 heteroatoms. The van der Waals surface area contributed by atoms with Crippen molar-refractivity contribution in [1.29, 1.82) is 0 Å². The van der Waals surface area contributed by atoms with Crippen LogP contribution in [0.5, 0.6) is 5.75 Å². The molecule has 1 aromatic rings. The largest absolute Gasteiger partial charge is 0.494 e. The normalized spacial score (nSPS) is 10.5. The Balaban J connectivity index is 2.11. The van der Waals surface area contributed by atoms with Crippen LogP contribution in [-0.2, 0) is 4.74 Å². The van der Waals surface area contributed by atoms with Gasteiger partial charge in [-0.25, -0.2) is 0 Å². The molecule has 0 radical (unpaired) electrons. The summed E-state index contributed by atoms with van der Waals surface area (Å²) in [4.78, 5) is 0. The first-order valence-corrected chi connectivity index (χ1v) is 6.13. The Kier molecular flexibility index (Phi) is 6.67. The van der Waals surface area contributed by atoms with Crippen LogP contribution in [0.25, 0.3) is 0 Å². The Labute approximate surface area is 104 Å². The SMILES string of the molecule is COCCNCCCOc1ccc(C)c(C)c1. The zero-order chi connectivity index (χ0) is 12.5. The lowest BCUT2D eigenvalue weighted by Crippen LogP contribution is -2.21. The van der Waals surface area contributed by atoms with E-state index >= 15 is 0 Å². The number of aryl methyl sites for hydroxylation is 2. The summed E-state index contributed by atoms with van der Waals surface area (Å²) in [5.41, 5.74) is 2.58. The molecule has 0 aromatic heterocycles. The van der Waals surface area contributed by atoms with Crippen LogP contribution >= 0.6 is 0 Å². The highest BCUT2D eigenvalue weighted by molar-refractivity contribution is 5.33. The fourth-order valence-electron chi connectivity index (χ4n) is 1.49. The van der Waals surface area contributed by atoms with Crippen LogP contribution in [0.3, 0.4) is 0 Å². The van der Waals surface area contributed by atoms with Crippen LogP contribution in [0.1, 0.15) is 17.5 Å². The fraction of sp³-hybridized carbons (Fsp3) is 0.571. The van der Waals surface area contributed by atoms with Gasteiger partial charge in [0.15, 0.2) is 0 Å². The van der Waals surface area contributed by atoms with Crippen molar-refractivity contribution in [3.05, 3.63) is 29.3 Å². The van der Waals surface area contributed by atoms with E-state index in [1.807, 2.05) is 6.07 Å². The van der Waals surface area contributed by atoms with E-state index in [0.29, 0.717) is 0 Å². The molecular formula is C14H23NO2. The maximum absolute atomic E-state index is 5.68. The molecule has 0 saturated carbocycles. The molecule has 1 N–H and O–H groups in total. The summed E-state index contributed by atoms with van der Waals surface area (Å²) in [6.45, 7) is 7.60. The van der Waals surface area contributed by atoms with E-state index in [2.05, 4.69) is 31.3 Å². The van der Waals surface area contributed by atoms with Gasteiger partial charge in [0, 0.05) is 13.7 Å². The average Bonchev–Trinajstić information content (AvgIpc) is 2.32. The van der Waals surface area contributed by atoms with Gasteiger partial charge in [-0.2, -0.15) is 0 Å². The lowest BCUT2D eigenvalue weighted by Gasteiger charge is -2.08. The van der Waals surface area contributed by atoms with Gasteiger partial charge in [-0.05, 0) is 50.1 Å². The van der Waals surface area contributed by atoms with Crippen LogP contribution in [-0.4, -0.2) is 33.4 Å². The number of benzene rings is 1. The predicted octanol–water partition coefficient (Wildman–Crippen LogP) is 2.31. The summed E-state index contributed by atoms with van der Waals surface area (Å²) in [7, 11) is 1.71. The Morgan fingerprint density at radius 3 is 2.59 bits per heavy atom. The third-order valence-electron chi connectivity index (χ3n) is 2.73. The van der Waals surface area contributed by atoms with Crippen LogP contribution in [0.15, 0.2) is 18.2 Å². The highest BCUT2D eigenvalue weighted by atomic mass is 16.5. The molecule has 0 bridgehead atoms. The fourth-order valence-corrected chi connectivity index (χ4v) is 1.49. The summed E-state index contributed by atoms with van der Waals surface area (Å²) in [6.07, 6.45) is 1.01. The number of nitrogens with one attached hydrogen (secondary N) is 1.